The van der Waals surface area contributed by atoms with E-state index < -0.39 is 15.8 Å². The molecule has 29 heavy (non-hydrogen) atoms. The van der Waals surface area contributed by atoms with E-state index in [4.69, 9.17) is 0 Å². The van der Waals surface area contributed by atoms with E-state index in [0.717, 1.165) is 0 Å². The standard InChI is InChI=1S/C20H27N3O5S/c1-13(2)9-18(24)21-15-3-5-16(6-4-15)22-20(26)14-10-19(25)23(11-14)17-7-8-29(27,28)12-17/h3-6,13-14,17H,7-12H2,1-2H3,(H,21,24)(H,22,26)/t14-,17+/m0/s1. The summed E-state index contributed by atoms with van der Waals surface area (Å²) in [4.78, 5) is 38.2. The van der Waals surface area contributed by atoms with Crippen LogP contribution in [0.1, 0.15) is 33.1 Å². The van der Waals surface area contributed by atoms with Crippen LogP contribution in [0.25, 0.3) is 0 Å². The number of likely N-dealkylation sites (tertiary alicyclic amines) is 1. The van der Waals surface area contributed by atoms with Crippen molar-refractivity contribution in [3.05, 3.63) is 24.3 Å². The van der Waals surface area contributed by atoms with Crippen LogP contribution >= 0.6 is 0 Å². The zero-order valence-electron chi connectivity index (χ0n) is 16.7. The Hall–Kier alpha value is -2.42. The Balaban J connectivity index is 1.54. The number of carbonyl (C=O) groups is 3. The molecule has 2 heterocycles. The van der Waals surface area contributed by atoms with Gasteiger partial charge in [0.1, 0.15) is 0 Å². The van der Waals surface area contributed by atoms with Crippen LogP contribution in [-0.4, -0.2) is 55.1 Å². The first-order valence-electron chi connectivity index (χ1n) is 9.83. The summed E-state index contributed by atoms with van der Waals surface area (Å²) >= 11 is 0. The van der Waals surface area contributed by atoms with Gasteiger partial charge in [0.05, 0.1) is 17.4 Å². The maximum atomic E-state index is 12.6. The molecule has 9 heteroatoms. The molecule has 158 valence electrons. The molecule has 2 saturated heterocycles. The van der Waals surface area contributed by atoms with E-state index in [0.29, 0.717) is 24.2 Å². The fraction of sp³-hybridized carbons (Fsp3) is 0.550. The van der Waals surface area contributed by atoms with Gasteiger partial charge >= 0.3 is 0 Å². The molecule has 0 unspecified atom stereocenters. The molecular weight excluding hydrogens is 394 g/mol. The molecule has 0 saturated carbocycles. The second kappa shape index (κ2) is 8.52. The van der Waals surface area contributed by atoms with Crippen LogP contribution < -0.4 is 10.6 Å². The number of hydrogen-bond acceptors (Lipinski definition) is 5. The molecule has 3 amide bonds. The molecule has 3 rings (SSSR count). The predicted molar refractivity (Wildman–Crippen MR) is 110 cm³/mol. The molecule has 0 spiro atoms. The number of nitrogens with zero attached hydrogens (tertiary/aromatic N) is 1. The molecule has 1 aromatic rings. The minimum Gasteiger partial charge on any atom is -0.338 e. The van der Waals surface area contributed by atoms with E-state index in [-0.39, 0.29) is 54.2 Å². The maximum absolute atomic E-state index is 12.6. The minimum absolute atomic E-state index is 0.0168. The third kappa shape index (κ3) is 5.56. The van der Waals surface area contributed by atoms with Gasteiger partial charge in [-0.05, 0) is 36.6 Å². The van der Waals surface area contributed by atoms with Crippen molar-refractivity contribution in [1.29, 1.82) is 0 Å². The Morgan fingerprint density at radius 3 is 2.31 bits per heavy atom. The molecule has 8 nitrogen and oxygen atoms in total. The van der Waals surface area contributed by atoms with Crippen molar-refractivity contribution in [3.63, 3.8) is 0 Å². The largest absolute Gasteiger partial charge is 0.338 e. The fourth-order valence-electron chi connectivity index (χ4n) is 3.75. The van der Waals surface area contributed by atoms with Crippen molar-refractivity contribution >= 4 is 38.9 Å². The normalized spacial score (nSPS) is 23.4. The van der Waals surface area contributed by atoms with Gasteiger partial charge in [-0.2, -0.15) is 0 Å². The highest BCUT2D eigenvalue weighted by Gasteiger charge is 2.41. The third-order valence-electron chi connectivity index (χ3n) is 5.21. The van der Waals surface area contributed by atoms with Gasteiger partial charge in [-0.25, -0.2) is 8.42 Å². The number of amides is 3. The van der Waals surface area contributed by atoms with Crippen molar-refractivity contribution in [2.45, 2.75) is 39.2 Å². The van der Waals surface area contributed by atoms with E-state index in [9.17, 15) is 22.8 Å². The average Bonchev–Trinajstić information content (AvgIpc) is 3.18. The van der Waals surface area contributed by atoms with Gasteiger partial charge in [0.15, 0.2) is 9.84 Å². The van der Waals surface area contributed by atoms with Gasteiger partial charge in [0.2, 0.25) is 17.7 Å². The monoisotopic (exact) mass is 421 g/mol. The van der Waals surface area contributed by atoms with Crippen LogP contribution in [0.5, 0.6) is 0 Å². The Morgan fingerprint density at radius 1 is 1.14 bits per heavy atom. The number of nitrogens with one attached hydrogen (secondary N) is 2. The summed E-state index contributed by atoms with van der Waals surface area (Å²) in [5.74, 6) is -0.651. The predicted octanol–water partition coefficient (Wildman–Crippen LogP) is 1.65. The molecule has 2 aliphatic heterocycles. The van der Waals surface area contributed by atoms with Crippen molar-refractivity contribution in [2.24, 2.45) is 11.8 Å². The summed E-state index contributed by atoms with van der Waals surface area (Å²) in [6.45, 7) is 4.19. The topological polar surface area (TPSA) is 113 Å². The molecule has 0 bridgehead atoms. The average molecular weight is 422 g/mol. The molecular formula is C20H27N3O5S. The number of hydrogen-bond donors (Lipinski definition) is 2. The van der Waals surface area contributed by atoms with Crippen LogP contribution in [0, 0.1) is 11.8 Å². The molecule has 2 atom stereocenters. The van der Waals surface area contributed by atoms with Crippen LogP contribution in [0.15, 0.2) is 24.3 Å². The van der Waals surface area contributed by atoms with Crippen molar-refractivity contribution in [3.8, 4) is 0 Å². The Bertz CT molecular complexity index is 895. The second-order valence-corrected chi connectivity index (χ2v) is 10.4. The van der Waals surface area contributed by atoms with Gasteiger partial charge in [0, 0.05) is 36.8 Å². The van der Waals surface area contributed by atoms with E-state index >= 15 is 0 Å². The summed E-state index contributed by atoms with van der Waals surface area (Å²) in [6, 6.07) is 6.49. The molecule has 2 fully saturated rings. The highest BCUT2D eigenvalue weighted by molar-refractivity contribution is 7.91. The minimum atomic E-state index is -3.09. The lowest BCUT2D eigenvalue weighted by Gasteiger charge is -2.22. The van der Waals surface area contributed by atoms with Gasteiger partial charge in [-0.3, -0.25) is 14.4 Å². The summed E-state index contributed by atoms with van der Waals surface area (Å²) in [5, 5.41) is 5.60. The Kier molecular flexibility index (Phi) is 6.26. The van der Waals surface area contributed by atoms with Crippen LogP contribution in [0.2, 0.25) is 0 Å². The summed E-state index contributed by atoms with van der Waals surface area (Å²) in [5.41, 5.74) is 1.23. The SMILES string of the molecule is CC(C)CC(=O)Nc1ccc(NC(=O)[C@H]2CC(=O)N([C@@H]3CCS(=O)(=O)C3)C2)cc1. The fourth-order valence-corrected chi connectivity index (χ4v) is 5.48. The van der Waals surface area contributed by atoms with Gasteiger partial charge < -0.3 is 15.5 Å². The van der Waals surface area contributed by atoms with Crippen LogP contribution in [-0.2, 0) is 24.2 Å². The second-order valence-electron chi connectivity index (χ2n) is 8.22. The van der Waals surface area contributed by atoms with Crippen molar-refractivity contribution in [1.82, 2.24) is 4.90 Å². The lowest BCUT2D eigenvalue weighted by Crippen LogP contribution is -2.38. The van der Waals surface area contributed by atoms with E-state index in [1.807, 2.05) is 13.8 Å². The lowest BCUT2D eigenvalue weighted by atomic mass is 10.1. The smallest absolute Gasteiger partial charge is 0.229 e. The zero-order chi connectivity index (χ0) is 21.2. The molecule has 2 N–H and O–H groups in total. The number of sulfone groups is 1. The third-order valence-corrected chi connectivity index (χ3v) is 6.96. The first-order valence-corrected chi connectivity index (χ1v) is 11.7. The zero-order valence-corrected chi connectivity index (χ0v) is 17.5. The first-order chi connectivity index (χ1) is 13.6. The van der Waals surface area contributed by atoms with Gasteiger partial charge in [-0.15, -0.1) is 0 Å². The number of anilines is 2. The molecule has 1 aromatic carbocycles. The highest BCUT2D eigenvalue weighted by Crippen LogP contribution is 2.27. The highest BCUT2D eigenvalue weighted by atomic mass is 32.2. The molecule has 0 radical (unpaired) electrons. The molecule has 2 aliphatic rings. The Morgan fingerprint density at radius 2 is 1.76 bits per heavy atom. The maximum Gasteiger partial charge on any atom is 0.229 e. The molecule has 0 aliphatic carbocycles. The van der Waals surface area contributed by atoms with Crippen molar-refractivity contribution < 1.29 is 22.8 Å². The van der Waals surface area contributed by atoms with Crippen LogP contribution in [0.3, 0.4) is 0 Å². The van der Waals surface area contributed by atoms with Crippen LogP contribution in [0.4, 0.5) is 11.4 Å². The lowest BCUT2D eigenvalue weighted by molar-refractivity contribution is -0.129. The van der Waals surface area contributed by atoms with Gasteiger partial charge in [-0.1, -0.05) is 13.8 Å². The van der Waals surface area contributed by atoms with E-state index in [1.165, 1.54) is 0 Å². The number of carbonyl (C=O) groups excluding carboxylic acids is 3. The Labute approximate surface area is 170 Å². The van der Waals surface area contributed by atoms with Gasteiger partial charge in [0.25, 0.3) is 0 Å². The first kappa shape index (κ1) is 21.3. The molecule has 0 aromatic heterocycles. The van der Waals surface area contributed by atoms with E-state index in [2.05, 4.69) is 10.6 Å². The van der Waals surface area contributed by atoms with Crippen molar-refractivity contribution in [2.75, 3.05) is 28.7 Å². The summed E-state index contributed by atoms with van der Waals surface area (Å²) in [6.07, 6.45) is 0.963. The summed E-state index contributed by atoms with van der Waals surface area (Å²) < 4.78 is 23.3. The quantitative estimate of drug-likeness (QED) is 0.725. The summed E-state index contributed by atoms with van der Waals surface area (Å²) in [7, 11) is -3.09. The van der Waals surface area contributed by atoms with E-state index in [1.54, 1.807) is 29.2 Å². The number of benzene rings is 1. The number of rotatable bonds is 6.